The third-order valence-corrected chi connectivity index (χ3v) is 11.8. The number of aromatic nitrogens is 2. The van der Waals surface area contributed by atoms with Crippen molar-refractivity contribution in [3.63, 3.8) is 0 Å². The molecule has 13 nitrogen and oxygen atoms in total. The third-order valence-electron chi connectivity index (χ3n) is 9.05. The van der Waals surface area contributed by atoms with Crippen LogP contribution in [0.5, 0.6) is 11.5 Å². The van der Waals surface area contributed by atoms with Crippen molar-refractivity contribution in [1.29, 1.82) is 0 Å². The van der Waals surface area contributed by atoms with Crippen molar-refractivity contribution in [3.05, 3.63) is 47.5 Å². The number of hydrogen-bond donors (Lipinski definition) is 3. The van der Waals surface area contributed by atoms with Gasteiger partial charge in [0, 0.05) is 34.7 Å². The van der Waals surface area contributed by atoms with E-state index in [4.69, 9.17) is 19.4 Å². The molecule has 0 bridgehead atoms. The number of carbonyl (C=O) groups excluding carboxylic acids is 2. The first-order valence-electron chi connectivity index (χ1n) is 15.4. The first-order chi connectivity index (χ1) is 22.3. The number of rotatable bonds is 11. The van der Waals surface area contributed by atoms with Crippen LogP contribution in [0.15, 0.2) is 36.2 Å². The molecule has 1 aliphatic heterocycles. The smallest absolute Gasteiger partial charge is 0.408 e. The van der Waals surface area contributed by atoms with Crippen LogP contribution in [0.2, 0.25) is 0 Å². The molecule has 3 N–H and O–H groups in total. The quantitative estimate of drug-likeness (QED) is 0.251. The maximum atomic E-state index is 13.6. The number of hydrogen-bond acceptors (Lipinski definition) is 10. The van der Waals surface area contributed by atoms with Crippen molar-refractivity contribution in [2.75, 3.05) is 13.7 Å². The van der Waals surface area contributed by atoms with E-state index in [1.165, 1.54) is 17.4 Å². The minimum absolute atomic E-state index is 0.00199. The van der Waals surface area contributed by atoms with Crippen LogP contribution < -0.4 is 19.5 Å². The van der Waals surface area contributed by atoms with Crippen LogP contribution in [0, 0.1) is 12.8 Å². The molecule has 6 rings (SSSR count). The summed E-state index contributed by atoms with van der Waals surface area (Å²) in [4.78, 5) is 49.8. The van der Waals surface area contributed by atoms with Gasteiger partial charge in [-0.2, -0.15) is 0 Å². The molecule has 3 aliphatic rings. The highest BCUT2D eigenvalue weighted by Crippen LogP contribution is 2.46. The standard InChI is InChI=1S/C32H37N5O8S2/c1-6-18-13-32(18,30(39)36-47(42,43)20-7-8-20)35-28(38)24-11-19(14-37(24)31(40)41)45-26-12-22(29-34-23(15-46-29)16(2)3)33-27-17(4)25(44-5)10-9-21(26)27/h6,9-10,12,15-16,18-20,24H,1,7-8,11,13-14H2,2-5H3,(H,35,38)(H,36,39)(H,40,41)/t18-,19?,24?,32-/m1/s1. The summed E-state index contributed by atoms with van der Waals surface area (Å²) < 4.78 is 39.1. The topological polar surface area (TPSA) is 177 Å². The zero-order valence-corrected chi connectivity index (χ0v) is 28.1. The Hall–Kier alpha value is -4.24. The summed E-state index contributed by atoms with van der Waals surface area (Å²) in [5.74, 6) is -0.747. The molecule has 2 saturated carbocycles. The molecule has 3 heterocycles. The molecule has 2 aromatic heterocycles. The van der Waals surface area contributed by atoms with E-state index >= 15 is 0 Å². The summed E-state index contributed by atoms with van der Waals surface area (Å²) in [5, 5.41) is 15.5. The van der Waals surface area contributed by atoms with Gasteiger partial charge in [-0.1, -0.05) is 19.9 Å². The van der Waals surface area contributed by atoms with Gasteiger partial charge in [-0.15, -0.1) is 17.9 Å². The Balaban J connectivity index is 1.27. The van der Waals surface area contributed by atoms with Crippen LogP contribution in [0.25, 0.3) is 21.6 Å². The van der Waals surface area contributed by atoms with Gasteiger partial charge in [0.15, 0.2) is 0 Å². The molecular weight excluding hydrogens is 647 g/mol. The Bertz CT molecular complexity index is 1890. The minimum Gasteiger partial charge on any atom is -0.496 e. The van der Waals surface area contributed by atoms with E-state index in [2.05, 4.69) is 30.5 Å². The summed E-state index contributed by atoms with van der Waals surface area (Å²) >= 11 is 1.46. The number of carbonyl (C=O) groups is 3. The van der Waals surface area contributed by atoms with Gasteiger partial charge in [0.25, 0.3) is 5.91 Å². The Morgan fingerprint density at radius 2 is 1.96 bits per heavy atom. The van der Waals surface area contributed by atoms with E-state index in [0.29, 0.717) is 45.9 Å². The molecule has 15 heteroatoms. The number of ether oxygens (including phenoxy) is 2. The normalized spacial score (nSPS) is 23.9. The van der Waals surface area contributed by atoms with E-state index < -0.39 is 56.8 Å². The SMILES string of the molecule is C=C[C@@H]1C[C@]1(NC(=O)C1CC(Oc2cc(-c3nc(C(C)C)cs3)nc3c(C)c(OC)ccc23)CN1C(=O)O)C(=O)NS(=O)(=O)C1CC1. The second-order valence-electron chi connectivity index (χ2n) is 12.6. The zero-order chi connectivity index (χ0) is 33.8. The number of carboxylic acid groups (broad SMARTS) is 1. The number of thiazole rings is 1. The fraction of sp³-hybridized carbons (Fsp3) is 0.469. The lowest BCUT2D eigenvalue weighted by Gasteiger charge is -2.24. The number of methoxy groups -OCH3 is 1. The Morgan fingerprint density at radius 3 is 2.55 bits per heavy atom. The maximum absolute atomic E-state index is 13.6. The molecular formula is C32H37N5O8S2. The van der Waals surface area contributed by atoms with Crippen LogP contribution in [0.3, 0.4) is 0 Å². The minimum atomic E-state index is -3.86. The molecule has 1 aromatic carbocycles. The summed E-state index contributed by atoms with van der Waals surface area (Å²) in [6.07, 6.45) is 0.513. The summed E-state index contributed by atoms with van der Waals surface area (Å²) in [6, 6.07) is 4.22. The predicted molar refractivity (Wildman–Crippen MR) is 175 cm³/mol. The zero-order valence-electron chi connectivity index (χ0n) is 26.5. The van der Waals surface area contributed by atoms with Crippen molar-refractivity contribution in [3.8, 4) is 22.2 Å². The summed E-state index contributed by atoms with van der Waals surface area (Å²) in [7, 11) is -2.28. The average Bonchev–Trinajstić information content (AvgIpc) is 3.90. The van der Waals surface area contributed by atoms with Gasteiger partial charge in [0.2, 0.25) is 15.9 Å². The number of nitrogens with one attached hydrogen (secondary N) is 2. The molecule has 3 amide bonds. The number of fused-ring (bicyclic) bond motifs is 1. The van der Waals surface area contributed by atoms with E-state index in [0.717, 1.165) is 16.2 Å². The molecule has 3 fully saturated rings. The van der Waals surface area contributed by atoms with Gasteiger partial charge < -0.3 is 19.9 Å². The van der Waals surface area contributed by atoms with Gasteiger partial charge in [0.05, 0.1) is 30.1 Å². The van der Waals surface area contributed by atoms with E-state index in [1.807, 2.05) is 18.4 Å². The fourth-order valence-electron chi connectivity index (χ4n) is 6.02. The summed E-state index contributed by atoms with van der Waals surface area (Å²) in [6.45, 7) is 9.60. The largest absolute Gasteiger partial charge is 0.496 e. The van der Waals surface area contributed by atoms with Crippen molar-refractivity contribution in [2.24, 2.45) is 5.92 Å². The Morgan fingerprint density at radius 1 is 1.21 bits per heavy atom. The molecule has 2 unspecified atom stereocenters. The number of nitrogens with zero attached hydrogens (tertiary/aromatic N) is 3. The molecule has 1 saturated heterocycles. The Labute approximate surface area is 276 Å². The van der Waals surface area contributed by atoms with Gasteiger partial charge in [-0.25, -0.2) is 23.2 Å². The molecule has 0 radical (unpaired) electrons. The molecule has 47 heavy (non-hydrogen) atoms. The maximum Gasteiger partial charge on any atom is 0.408 e. The number of likely N-dealkylation sites (tertiary alicyclic amines) is 1. The molecule has 3 aromatic rings. The highest BCUT2D eigenvalue weighted by atomic mass is 32.2. The lowest BCUT2D eigenvalue weighted by Crippen LogP contribution is -2.56. The van der Waals surface area contributed by atoms with Crippen LogP contribution in [0.1, 0.15) is 56.7 Å². The van der Waals surface area contributed by atoms with Crippen molar-refractivity contribution in [2.45, 2.75) is 75.3 Å². The number of sulfonamides is 1. The summed E-state index contributed by atoms with van der Waals surface area (Å²) in [5.41, 5.74) is 1.42. The fourth-order valence-corrected chi connectivity index (χ4v) is 8.32. The van der Waals surface area contributed by atoms with Crippen LogP contribution >= 0.6 is 11.3 Å². The van der Waals surface area contributed by atoms with Crippen molar-refractivity contribution < 1.29 is 37.4 Å². The number of aryl methyl sites for hydroxylation is 1. The lowest BCUT2D eigenvalue weighted by atomic mass is 10.1. The first-order valence-corrected chi connectivity index (χ1v) is 17.8. The number of amides is 3. The molecule has 4 atom stereocenters. The van der Waals surface area contributed by atoms with Crippen LogP contribution in [-0.2, 0) is 19.6 Å². The Kier molecular flexibility index (Phi) is 8.41. The van der Waals surface area contributed by atoms with Crippen LogP contribution in [0.4, 0.5) is 4.79 Å². The predicted octanol–water partition coefficient (Wildman–Crippen LogP) is 3.97. The van der Waals surface area contributed by atoms with Crippen LogP contribution in [-0.4, -0.2) is 82.9 Å². The highest BCUT2D eigenvalue weighted by Gasteiger charge is 2.62. The van der Waals surface area contributed by atoms with Gasteiger partial charge in [0.1, 0.15) is 39.9 Å². The van der Waals surface area contributed by atoms with Gasteiger partial charge in [-0.05, 0) is 44.2 Å². The van der Waals surface area contributed by atoms with Gasteiger partial charge >= 0.3 is 6.09 Å². The van der Waals surface area contributed by atoms with Crippen molar-refractivity contribution >= 4 is 50.2 Å². The third kappa shape index (κ3) is 6.13. The second kappa shape index (κ2) is 12.1. The molecule has 250 valence electrons. The second-order valence-corrected chi connectivity index (χ2v) is 15.5. The van der Waals surface area contributed by atoms with E-state index in [1.54, 1.807) is 19.2 Å². The molecule has 2 aliphatic carbocycles. The number of benzene rings is 1. The first kappa shape index (κ1) is 32.7. The van der Waals surface area contributed by atoms with Crippen molar-refractivity contribution in [1.82, 2.24) is 24.9 Å². The monoisotopic (exact) mass is 683 g/mol. The molecule has 0 spiro atoms. The van der Waals surface area contributed by atoms with E-state index in [-0.39, 0.29) is 25.3 Å². The average molecular weight is 684 g/mol. The number of pyridine rings is 1. The highest BCUT2D eigenvalue weighted by molar-refractivity contribution is 7.91. The van der Waals surface area contributed by atoms with E-state index in [9.17, 15) is 27.9 Å². The lowest BCUT2D eigenvalue weighted by molar-refractivity contribution is -0.131. The van der Waals surface area contributed by atoms with Gasteiger partial charge in [-0.3, -0.25) is 19.2 Å².